The van der Waals surface area contributed by atoms with Crippen LogP contribution in [-0.2, 0) is 11.2 Å². The fraction of sp³-hybridized carbons (Fsp3) is 0.526. The highest BCUT2D eigenvalue weighted by atomic mass is 32.2. The summed E-state index contributed by atoms with van der Waals surface area (Å²) in [6.45, 7) is 1.85. The Kier molecular flexibility index (Phi) is 6.55. The maximum Gasteiger partial charge on any atom is 0.237 e. The third kappa shape index (κ3) is 5.00. The quantitative estimate of drug-likeness (QED) is 0.681. The molecule has 1 unspecified atom stereocenters. The van der Waals surface area contributed by atoms with Gasteiger partial charge in [0.2, 0.25) is 11.1 Å². The molecule has 0 aliphatic heterocycles. The van der Waals surface area contributed by atoms with Crippen molar-refractivity contribution in [1.29, 1.82) is 0 Å². The summed E-state index contributed by atoms with van der Waals surface area (Å²) in [6, 6.07) is 7.37. The Balaban J connectivity index is 1.50. The number of aromatic amines is 1. The molecule has 2 aromatic rings. The van der Waals surface area contributed by atoms with E-state index in [2.05, 4.69) is 20.5 Å². The molecule has 0 saturated heterocycles. The lowest BCUT2D eigenvalue weighted by atomic mass is 10.0. The smallest absolute Gasteiger partial charge is 0.237 e. The molecule has 1 saturated carbocycles. The van der Waals surface area contributed by atoms with Gasteiger partial charge in [0, 0.05) is 6.42 Å². The third-order valence-electron chi connectivity index (χ3n) is 4.79. The number of nitrogens with one attached hydrogen (secondary N) is 2. The molecule has 1 aliphatic rings. The van der Waals surface area contributed by atoms with E-state index in [-0.39, 0.29) is 11.2 Å². The second-order valence-electron chi connectivity index (χ2n) is 6.70. The van der Waals surface area contributed by atoms with Gasteiger partial charge in [-0.15, -0.1) is 5.10 Å². The van der Waals surface area contributed by atoms with Crippen LogP contribution in [0.25, 0.3) is 0 Å². The Labute approximate surface area is 158 Å². The summed E-state index contributed by atoms with van der Waals surface area (Å²) in [7, 11) is 1.59. The maximum absolute atomic E-state index is 12.4. The zero-order valence-electron chi connectivity index (χ0n) is 15.3. The van der Waals surface area contributed by atoms with Gasteiger partial charge in [-0.1, -0.05) is 49.6 Å². The van der Waals surface area contributed by atoms with Crippen molar-refractivity contribution in [2.45, 2.75) is 55.9 Å². The first-order valence-electron chi connectivity index (χ1n) is 9.17. The van der Waals surface area contributed by atoms with E-state index < -0.39 is 0 Å². The number of carbonyl (C=O) groups is 1. The highest BCUT2D eigenvalue weighted by Crippen LogP contribution is 2.29. The van der Waals surface area contributed by atoms with Crippen LogP contribution in [0.4, 0.5) is 5.69 Å². The molecule has 7 heteroatoms. The van der Waals surface area contributed by atoms with Crippen LogP contribution in [0, 0.1) is 5.92 Å². The van der Waals surface area contributed by atoms with Crippen molar-refractivity contribution >= 4 is 23.4 Å². The number of nitrogens with zero attached hydrogens (tertiary/aromatic N) is 2. The van der Waals surface area contributed by atoms with Crippen LogP contribution in [0.3, 0.4) is 0 Å². The summed E-state index contributed by atoms with van der Waals surface area (Å²) in [5.41, 5.74) is 0.666. The van der Waals surface area contributed by atoms with Gasteiger partial charge >= 0.3 is 0 Å². The number of benzene rings is 1. The topological polar surface area (TPSA) is 79.9 Å². The van der Waals surface area contributed by atoms with Gasteiger partial charge in [-0.3, -0.25) is 9.89 Å². The zero-order valence-corrected chi connectivity index (χ0v) is 16.1. The predicted octanol–water partition coefficient (Wildman–Crippen LogP) is 4.06. The Bertz CT molecular complexity index is 728. The summed E-state index contributed by atoms with van der Waals surface area (Å²) in [4.78, 5) is 17.0. The Morgan fingerprint density at radius 2 is 2.15 bits per heavy atom. The van der Waals surface area contributed by atoms with Crippen LogP contribution in [0.15, 0.2) is 29.4 Å². The number of amides is 1. The number of carbonyl (C=O) groups excluding carboxylic acids is 1. The monoisotopic (exact) mass is 374 g/mol. The molecule has 26 heavy (non-hydrogen) atoms. The molecule has 0 radical (unpaired) electrons. The molecule has 1 aliphatic carbocycles. The number of ether oxygens (including phenoxy) is 1. The maximum atomic E-state index is 12.4. The number of hydrogen-bond donors (Lipinski definition) is 2. The van der Waals surface area contributed by atoms with Crippen LogP contribution < -0.4 is 10.1 Å². The molecule has 0 spiro atoms. The Morgan fingerprint density at radius 1 is 1.38 bits per heavy atom. The number of H-pyrrole nitrogens is 1. The van der Waals surface area contributed by atoms with Gasteiger partial charge in [0.25, 0.3) is 0 Å². The number of aryl methyl sites for hydroxylation is 1. The van der Waals surface area contributed by atoms with E-state index in [1.54, 1.807) is 7.11 Å². The highest BCUT2D eigenvalue weighted by Gasteiger charge is 2.19. The van der Waals surface area contributed by atoms with Gasteiger partial charge in [0.05, 0.1) is 18.0 Å². The van der Waals surface area contributed by atoms with E-state index in [9.17, 15) is 4.79 Å². The normalized spacial score (nSPS) is 15.8. The fourth-order valence-electron chi connectivity index (χ4n) is 3.28. The highest BCUT2D eigenvalue weighted by molar-refractivity contribution is 8.00. The first-order chi connectivity index (χ1) is 12.7. The molecular formula is C19H26N4O2S. The van der Waals surface area contributed by atoms with Crippen molar-refractivity contribution in [2.75, 3.05) is 12.4 Å². The van der Waals surface area contributed by atoms with Gasteiger partial charge in [-0.05, 0) is 31.4 Å². The van der Waals surface area contributed by atoms with Crippen molar-refractivity contribution < 1.29 is 9.53 Å². The SMILES string of the molecule is COc1ccccc1NC(=O)C(C)Sc1n[nH]c(CCC2CCCC2)n1. The largest absolute Gasteiger partial charge is 0.495 e. The molecule has 1 amide bonds. The van der Waals surface area contributed by atoms with Crippen molar-refractivity contribution in [1.82, 2.24) is 15.2 Å². The third-order valence-corrected chi connectivity index (χ3v) is 5.75. The molecule has 1 fully saturated rings. The van der Waals surface area contributed by atoms with Crippen LogP contribution >= 0.6 is 11.8 Å². The van der Waals surface area contributed by atoms with Gasteiger partial charge in [0.1, 0.15) is 11.6 Å². The zero-order chi connectivity index (χ0) is 18.4. The molecule has 3 rings (SSSR count). The number of aromatic nitrogens is 3. The first kappa shape index (κ1) is 18.8. The summed E-state index contributed by atoms with van der Waals surface area (Å²) < 4.78 is 5.27. The minimum Gasteiger partial charge on any atom is -0.495 e. The first-order valence-corrected chi connectivity index (χ1v) is 10.1. The number of rotatable bonds is 8. The summed E-state index contributed by atoms with van der Waals surface area (Å²) in [5, 5.41) is 10.5. The molecule has 1 heterocycles. The van der Waals surface area contributed by atoms with E-state index in [0.29, 0.717) is 16.6 Å². The standard InChI is InChI=1S/C19H26N4O2S/c1-13(18(24)20-15-9-5-6-10-16(15)25-2)26-19-21-17(22-23-19)12-11-14-7-3-4-8-14/h5-6,9-10,13-14H,3-4,7-8,11-12H2,1-2H3,(H,20,24)(H,21,22,23). The second kappa shape index (κ2) is 9.07. The van der Waals surface area contributed by atoms with Crippen molar-refractivity contribution in [2.24, 2.45) is 5.92 Å². The Morgan fingerprint density at radius 3 is 2.92 bits per heavy atom. The van der Waals surface area contributed by atoms with Crippen LogP contribution in [-0.4, -0.2) is 33.4 Å². The molecule has 2 N–H and O–H groups in total. The number of para-hydroxylation sites is 2. The summed E-state index contributed by atoms with van der Waals surface area (Å²) >= 11 is 1.36. The lowest BCUT2D eigenvalue weighted by Gasteiger charge is -2.12. The van der Waals surface area contributed by atoms with E-state index in [1.807, 2.05) is 31.2 Å². The van der Waals surface area contributed by atoms with Gasteiger partial charge in [-0.2, -0.15) is 0 Å². The molecule has 6 nitrogen and oxygen atoms in total. The lowest BCUT2D eigenvalue weighted by Crippen LogP contribution is -2.22. The van der Waals surface area contributed by atoms with Gasteiger partial charge in [0.15, 0.2) is 0 Å². The molecule has 1 aromatic carbocycles. The van der Waals surface area contributed by atoms with Gasteiger partial charge in [-0.25, -0.2) is 4.98 Å². The van der Waals surface area contributed by atoms with Crippen molar-refractivity contribution in [3.05, 3.63) is 30.1 Å². The number of thioether (sulfide) groups is 1. The van der Waals surface area contributed by atoms with E-state index in [0.717, 1.165) is 18.2 Å². The van der Waals surface area contributed by atoms with E-state index in [1.165, 1.54) is 43.9 Å². The van der Waals surface area contributed by atoms with Crippen LogP contribution in [0.1, 0.15) is 44.9 Å². The van der Waals surface area contributed by atoms with Crippen LogP contribution in [0.2, 0.25) is 0 Å². The minimum absolute atomic E-state index is 0.100. The number of methoxy groups -OCH3 is 1. The average Bonchev–Trinajstić information content (AvgIpc) is 3.32. The van der Waals surface area contributed by atoms with Gasteiger partial charge < -0.3 is 10.1 Å². The number of hydrogen-bond acceptors (Lipinski definition) is 5. The molecular weight excluding hydrogens is 348 g/mol. The minimum atomic E-state index is -0.307. The predicted molar refractivity (Wildman–Crippen MR) is 104 cm³/mol. The van der Waals surface area contributed by atoms with Crippen LogP contribution in [0.5, 0.6) is 5.75 Å². The fourth-order valence-corrected chi connectivity index (χ4v) is 4.02. The lowest BCUT2D eigenvalue weighted by molar-refractivity contribution is -0.115. The Hall–Kier alpha value is -2.02. The summed E-state index contributed by atoms with van der Waals surface area (Å²) in [5.74, 6) is 2.29. The van der Waals surface area contributed by atoms with E-state index in [4.69, 9.17) is 4.74 Å². The molecule has 1 aromatic heterocycles. The van der Waals surface area contributed by atoms with Crippen molar-refractivity contribution in [3.8, 4) is 5.75 Å². The molecule has 1 atom stereocenters. The number of anilines is 1. The summed E-state index contributed by atoms with van der Waals surface area (Å²) in [6.07, 6.45) is 7.51. The molecule has 0 bridgehead atoms. The average molecular weight is 375 g/mol. The second-order valence-corrected chi connectivity index (χ2v) is 8.01. The van der Waals surface area contributed by atoms with E-state index >= 15 is 0 Å². The van der Waals surface area contributed by atoms with Crippen molar-refractivity contribution in [3.63, 3.8) is 0 Å². The molecule has 140 valence electrons.